The number of esters is 1. The van der Waals surface area contributed by atoms with E-state index in [1.807, 2.05) is 6.07 Å². The zero-order valence-electron chi connectivity index (χ0n) is 9.72. The maximum atomic E-state index is 13.5. The Kier molecular flexibility index (Phi) is 3.57. The molecule has 0 unspecified atom stereocenters. The molecule has 3 nitrogen and oxygen atoms in total. The van der Waals surface area contributed by atoms with Crippen molar-refractivity contribution in [2.45, 2.75) is 0 Å². The third-order valence-corrected chi connectivity index (χ3v) is 2.32. The molecule has 0 spiro atoms. The van der Waals surface area contributed by atoms with Gasteiger partial charge in [0.15, 0.2) is 11.6 Å². The van der Waals surface area contributed by atoms with Crippen LogP contribution in [0.1, 0.15) is 10.4 Å². The summed E-state index contributed by atoms with van der Waals surface area (Å²) in [5.74, 6) is -0.582. The van der Waals surface area contributed by atoms with Crippen LogP contribution in [-0.2, 0) is 4.74 Å². The molecule has 0 bridgehead atoms. The van der Waals surface area contributed by atoms with Crippen LogP contribution in [0, 0.1) is 5.82 Å². The maximum absolute atomic E-state index is 13.5. The van der Waals surface area contributed by atoms with Crippen LogP contribution in [0.25, 0.3) is 0 Å². The fourth-order valence-corrected chi connectivity index (χ4v) is 1.44. The number of para-hydroxylation sites is 1. The summed E-state index contributed by atoms with van der Waals surface area (Å²) in [5, 5.41) is 0. The lowest BCUT2D eigenvalue weighted by molar-refractivity contribution is 0.0600. The highest BCUT2D eigenvalue weighted by Crippen LogP contribution is 2.25. The minimum atomic E-state index is -0.536. The summed E-state index contributed by atoms with van der Waals surface area (Å²) in [6, 6.07) is 12.6. The first-order valence-corrected chi connectivity index (χ1v) is 5.31. The van der Waals surface area contributed by atoms with Gasteiger partial charge in [-0.3, -0.25) is 0 Å². The summed E-state index contributed by atoms with van der Waals surface area (Å²) >= 11 is 0. The maximum Gasteiger partial charge on any atom is 0.337 e. The highest BCUT2D eigenvalue weighted by atomic mass is 19.1. The highest BCUT2D eigenvalue weighted by molar-refractivity contribution is 5.89. The highest BCUT2D eigenvalue weighted by Gasteiger charge is 2.11. The van der Waals surface area contributed by atoms with Gasteiger partial charge in [0.05, 0.1) is 12.7 Å². The Morgan fingerprint density at radius 3 is 2.50 bits per heavy atom. The zero-order chi connectivity index (χ0) is 13.0. The second kappa shape index (κ2) is 5.31. The molecule has 0 aliphatic rings. The predicted molar refractivity (Wildman–Crippen MR) is 64.3 cm³/mol. The number of carbonyl (C=O) groups excluding carboxylic acids is 1. The van der Waals surface area contributed by atoms with Crippen LogP contribution in [0.2, 0.25) is 0 Å². The molecule has 18 heavy (non-hydrogen) atoms. The van der Waals surface area contributed by atoms with Gasteiger partial charge in [0.25, 0.3) is 0 Å². The van der Waals surface area contributed by atoms with Gasteiger partial charge in [-0.15, -0.1) is 0 Å². The van der Waals surface area contributed by atoms with Gasteiger partial charge in [0.1, 0.15) is 5.75 Å². The molecule has 0 atom stereocenters. The van der Waals surface area contributed by atoms with Gasteiger partial charge in [-0.1, -0.05) is 18.2 Å². The Bertz CT molecular complexity index is 552. The topological polar surface area (TPSA) is 35.5 Å². The fourth-order valence-electron chi connectivity index (χ4n) is 1.44. The molecule has 0 radical (unpaired) electrons. The molecule has 0 fully saturated rings. The van der Waals surface area contributed by atoms with Gasteiger partial charge in [-0.25, -0.2) is 9.18 Å². The first-order valence-electron chi connectivity index (χ1n) is 5.31. The molecule has 2 aromatic carbocycles. The first kappa shape index (κ1) is 12.1. The van der Waals surface area contributed by atoms with Gasteiger partial charge in [-0.2, -0.15) is 0 Å². The third-order valence-electron chi connectivity index (χ3n) is 2.32. The van der Waals surface area contributed by atoms with Crippen molar-refractivity contribution < 1.29 is 18.7 Å². The largest absolute Gasteiger partial charge is 0.465 e. The van der Waals surface area contributed by atoms with E-state index >= 15 is 0 Å². The van der Waals surface area contributed by atoms with Crippen molar-refractivity contribution in [1.82, 2.24) is 0 Å². The van der Waals surface area contributed by atoms with Crippen molar-refractivity contribution in [3.05, 3.63) is 59.9 Å². The average Bonchev–Trinajstić information content (AvgIpc) is 2.41. The van der Waals surface area contributed by atoms with Crippen molar-refractivity contribution >= 4 is 5.97 Å². The Hall–Kier alpha value is -2.36. The minimum absolute atomic E-state index is 0.0101. The summed E-state index contributed by atoms with van der Waals surface area (Å²) in [6.07, 6.45) is 0. The third kappa shape index (κ3) is 2.66. The van der Waals surface area contributed by atoms with E-state index in [1.54, 1.807) is 24.3 Å². The van der Waals surface area contributed by atoms with Crippen molar-refractivity contribution in [1.29, 1.82) is 0 Å². The van der Waals surface area contributed by atoms with Crippen LogP contribution in [0.4, 0.5) is 4.39 Å². The molecule has 0 N–H and O–H groups in total. The molecule has 0 heterocycles. The number of halogens is 1. The number of methoxy groups -OCH3 is 1. The second-order valence-electron chi connectivity index (χ2n) is 3.55. The van der Waals surface area contributed by atoms with Crippen LogP contribution in [0.15, 0.2) is 48.5 Å². The van der Waals surface area contributed by atoms with E-state index in [-0.39, 0.29) is 11.3 Å². The molecule has 0 saturated carbocycles. The van der Waals surface area contributed by atoms with Crippen LogP contribution >= 0.6 is 0 Å². The number of hydrogen-bond donors (Lipinski definition) is 0. The van der Waals surface area contributed by atoms with Gasteiger partial charge in [-0.05, 0) is 30.3 Å². The smallest absolute Gasteiger partial charge is 0.337 e. The van der Waals surface area contributed by atoms with Crippen LogP contribution < -0.4 is 4.74 Å². The standard InChI is InChI=1S/C14H11FO3/c1-17-14(16)10-7-8-12(15)13(9-10)18-11-5-3-2-4-6-11/h2-9H,1H3. The summed E-state index contributed by atoms with van der Waals surface area (Å²) in [7, 11) is 1.27. The van der Waals surface area contributed by atoms with Crippen molar-refractivity contribution in [3.8, 4) is 11.5 Å². The van der Waals surface area contributed by atoms with Gasteiger partial charge in [0, 0.05) is 0 Å². The normalized spacial score (nSPS) is 9.89. The molecule has 0 aliphatic heterocycles. The summed E-state index contributed by atoms with van der Waals surface area (Å²) < 4.78 is 23.5. The SMILES string of the molecule is COC(=O)c1ccc(F)c(Oc2ccccc2)c1. The monoisotopic (exact) mass is 246 g/mol. The fraction of sp³-hybridized carbons (Fsp3) is 0.0714. The number of carbonyl (C=O) groups is 1. The molecular formula is C14H11FO3. The molecule has 92 valence electrons. The Labute approximate surface area is 104 Å². The number of hydrogen-bond acceptors (Lipinski definition) is 3. The summed E-state index contributed by atoms with van der Waals surface area (Å²) in [5.41, 5.74) is 0.241. The van der Waals surface area contributed by atoms with E-state index in [9.17, 15) is 9.18 Å². The van der Waals surface area contributed by atoms with E-state index in [2.05, 4.69) is 4.74 Å². The van der Waals surface area contributed by atoms with Crippen molar-refractivity contribution in [3.63, 3.8) is 0 Å². The van der Waals surface area contributed by atoms with Crippen LogP contribution in [0.3, 0.4) is 0 Å². The van der Waals surface area contributed by atoms with Gasteiger partial charge in [0.2, 0.25) is 0 Å². The van der Waals surface area contributed by atoms with E-state index in [0.29, 0.717) is 5.75 Å². The molecular weight excluding hydrogens is 235 g/mol. The quantitative estimate of drug-likeness (QED) is 0.778. The molecule has 4 heteroatoms. The zero-order valence-corrected chi connectivity index (χ0v) is 9.72. The molecule has 2 rings (SSSR count). The Morgan fingerprint density at radius 2 is 1.83 bits per heavy atom. The molecule has 0 amide bonds. The average molecular weight is 246 g/mol. The lowest BCUT2D eigenvalue weighted by atomic mass is 10.2. The van der Waals surface area contributed by atoms with E-state index in [1.165, 1.54) is 25.3 Å². The molecule has 2 aromatic rings. The first-order chi connectivity index (χ1) is 8.70. The van der Waals surface area contributed by atoms with Gasteiger partial charge >= 0.3 is 5.97 Å². The summed E-state index contributed by atoms with van der Waals surface area (Å²) in [6.45, 7) is 0. The lowest BCUT2D eigenvalue weighted by Gasteiger charge is -2.07. The molecule has 0 aliphatic carbocycles. The number of rotatable bonds is 3. The van der Waals surface area contributed by atoms with Crippen LogP contribution in [0.5, 0.6) is 11.5 Å². The minimum Gasteiger partial charge on any atom is -0.465 e. The van der Waals surface area contributed by atoms with Crippen LogP contribution in [-0.4, -0.2) is 13.1 Å². The second-order valence-corrected chi connectivity index (χ2v) is 3.55. The summed E-state index contributed by atoms with van der Waals surface area (Å²) in [4.78, 5) is 11.3. The van der Waals surface area contributed by atoms with Crippen molar-refractivity contribution in [2.75, 3.05) is 7.11 Å². The number of ether oxygens (including phenoxy) is 2. The van der Waals surface area contributed by atoms with Crippen molar-refractivity contribution in [2.24, 2.45) is 0 Å². The Morgan fingerprint density at radius 1 is 1.11 bits per heavy atom. The van der Waals surface area contributed by atoms with E-state index < -0.39 is 11.8 Å². The predicted octanol–water partition coefficient (Wildman–Crippen LogP) is 3.40. The Balaban J connectivity index is 2.30. The van der Waals surface area contributed by atoms with Gasteiger partial charge < -0.3 is 9.47 Å². The number of benzene rings is 2. The van der Waals surface area contributed by atoms with E-state index in [0.717, 1.165) is 0 Å². The molecule has 0 aromatic heterocycles. The van der Waals surface area contributed by atoms with E-state index in [4.69, 9.17) is 4.74 Å². The lowest BCUT2D eigenvalue weighted by Crippen LogP contribution is -2.02. The molecule has 0 saturated heterocycles.